The zero-order valence-electron chi connectivity index (χ0n) is 9.45. The smallest absolute Gasteiger partial charge is 0.388 e. The average Bonchev–Trinajstić information content (AvgIpc) is 3.03. The van der Waals surface area contributed by atoms with Gasteiger partial charge in [0.1, 0.15) is 10.7 Å². The van der Waals surface area contributed by atoms with Crippen LogP contribution in [0.5, 0.6) is 5.88 Å². The number of nitrogens with zero attached hydrogens (tertiary/aromatic N) is 2. The van der Waals surface area contributed by atoms with Crippen LogP contribution < -0.4 is 4.74 Å². The zero-order chi connectivity index (χ0) is 13.7. The van der Waals surface area contributed by atoms with Gasteiger partial charge >= 0.3 is 6.61 Å². The summed E-state index contributed by atoms with van der Waals surface area (Å²) in [7, 11) is 1.48. The van der Waals surface area contributed by atoms with Gasteiger partial charge in [0.2, 0.25) is 5.88 Å². The van der Waals surface area contributed by atoms with Crippen LogP contribution in [0, 0.1) is 0 Å². The Balaban J connectivity index is 2.09. The summed E-state index contributed by atoms with van der Waals surface area (Å²) in [5, 5.41) is 4.59. The van der Waals surface area contributed by atoms with Crippen LogP contribution in [0.25, 0.3) is 11.3 Å². The van der Waals surface area contributed by atoms with Crippen LogP contribution in [-0.2, 0) is 7.05 Å². The molecular weight excluding hydrogens is 317 g/mol. The molecule has 3 nitrogen and oxygen atoms in total. The molecule has 0 amide bonds. The second-order valence-corrected chi connectivity index (χ2v) is 5.72. The number of rotatable bonds is 3. The third-order valence-electron chi connectivity index (χ3n) is 2.61. The monoisotopic (exact) mass is 322 g/mol. The number of halogens is 4. The first-order valence-electron chi connectivity index (χ1n) is 5.16. The number of hydrogen-bond acceptors (Lipinski definition) is 3. The topological polar surface area (TPSA) is 27.1 Å². The molecule has 0 unspecified atom stereocenters. The van der Waals surface area contributed by atoms with Gasteiger partial charge in [-0.25, -0.2) is 4.68 Å². The summed E-state index contributed by atoms with van der Waals surface area (Å²) in [5.41, 5.74) is 0.940. The molecule has 0 N–H and O–H groups in total. The average molecular weight is 323 g/mol. The van der Waals surface area contributed by atoms with Gasteiger partial charge in [-0.3, -0.25) is 0 Å². The predicted octanol–water partition coefficient (Wildman–Crippen LogP) is 4.46. The Kier molecular flexibility index (Phi) is 3.11. The van der Waals surface area contributed by atoms with Crippen molar-refractivity contribution < 1.29 is 13.5 Å². The fourth-order valence-corrected chi connectivity index (χ4v) is 3.02. The van der Waals surface area contributed by atoms with Crippen molar-refractivity contribution in [3.05, 3.63) is 22.2 Å². The first-order valence-corrected chi connectivity index (χ1v) is 6.73. The van der Waals surface area contributed by atoms with Gasteiger partial charge in [-0.2, -0.15) is 13.9 Å². The van der Waals surface area contributed by atoms with E-state index in [1.54, 1.807) is 17.8 Å². The zero-order valence-corrected chi connectivity index (χ0v) is 11.8. The third kappa shape index (κ3) is 2.28. The summed E-state index contributed by atoms with van der Waals surface area (Å²) in [6.45, 7) is -2.96. The van der Waals surface area contributed by atoms with Gasteiger partial charge in [0.25, 0.3) is 0 Å². The van der Waals surface area contributed by atoms with E-state index in [2.05, 4.69) is 9.84 Å². The number of aromatic nitrogens is 2. The van der Waals surface area contributed by atoms with E-state index in [9.17, 15) is 8.78 Å². The highest BCUT2D eigenvalue weighted by atomic mass is 35.5. The van der Waals surface area contributed by atoms with Crippen LogP contribution in [-0.4, -0.2) is 16.4 Å². The second kappa shape index (κ2) is 4.54. The maximum Gasteiger partial charge on any atom is 0.388 e. The molecule has 1 aromatic carbocycles. The highest BCUT2D eigenvalue weighted by Crippen LogP contribution is 2.52. The van der Waals surface area contributed by atoms with Crippen LogP contribution in [0.3, 0.4) is 0 Å². The normalized spacial score (nSPS) is 12.7. The van der Waals surface area contributed by atoms with E-state index >= 15 is 0 Å². The Hall–Kier alpha value is -0.980. The molecule has 8 heteroatoms. The number of ether oxygens (including phenoxy) is 1. The molecule has 100 valence electrons. The van der Waals surface area contributed by atoms with Crippen LogP contribution in [0.15, 0.2) is 21.9 Å². The molecular formula is C11H6Cl2F2N2OS. The van der Waals surface area contributed by atoms with Crippen molar-refractivity contribution in [1.29, 1.82) is 0 Å². The number of aryl methyl sites for hydroxylation is 1. The number of alkyl halides is 2. The standard InChI is InChI=1S/C11H6Cl2F2N2OS/c1-17-10(18-11(14)15)8(13)9(16-17)4-2-6-7(19-6)3-5(4)12/h2-3,11H,1H3. The molecule has 0 saturated carbocycles. The van der Waals surface area contributed by atoms with Gasteiger partial charge in [0.05, 0.1) is 5.02 Å². The van der Waals surface area contributed by atoms with Crippen molar-refractivity contribution in [3.8, 4) is 17.1 Å². The van der Waals surface area contributed by atoms with Crippen LogP contribution in [0.2, 0.25) is 10.0 Å². The second-order valence-electron chi connectivity index (χ2n) is 3.85. The Bertz CT molecular complexity index is 675. The summed E-state index contributed by atoms with van der Waals surface area (Å²) in [6, 6.07) is 3.64. The summed E-state index contributed by atoms with van der Waals surface area (Å²) < 4.78 is 30.1. The Morgan fingerprint density at radius 2 is 2.00 bits per heavy atom. The maximum absolute atomic E-state index is 12.3. The highest BCUT2D eigenvalue weighted by Gasteiger charge is 2.26. The lowest BCUT2D eigenvalue weighted by Crippen LogP contribution is -2.06. The van der Waals surface area contributed by atoms with E-state index in [1.165, 1.54) is 11.7 Å². The number of hydrogen-bond donors (Lipinski definition) is 0. The molecule has 1 aliphatic rings. The van der Waals surface area contributed by atoms with Crippen molar-refractivity contribution in [3.63, 3.8) is 0 Å². The largest absolute Gasteiger partial charge is 0.416 e. The van der Waals surface area contributed by atoms with E-state index in [4.69, 9.17) is 23.2 Å². The molecule has 0 bridgehead atoms. The SMILES string of the molecule is Cn1nc(-c2cc3c(cc2Cl)S3)c(Cl)c1OC(F)F. The summed E-state index contributed by atoms with van der Waals surface area (Å²) in [6.07, 6.45) is 0. The molecule has 0 fully saturated rings. The van der Waals surface area contributed by atoms with Crippen molar-refractivity contribution in [2.24, 2.45) is 7.05 Å². The van der Waals surface area contributed by atoms with Crippen molar-refractivity contribution >= 4 is 35.0 Å². The molecule has 0 radical (unpaired) electrons. The fraction of sp³-hybridized carbons (Fsp3) is 0.182. The lowest BCUT2D eigenvalue weighted by atomic mass is 10.1. The minimum absolute atomic E-state index is 0.0234. The van der Waals surface area contributed by atoms with Gasteiger partial charge in [-0.1, -0.05) is 35.0 Å². The van der Waals surface area contributed by atoms with Gasteiger partial charge < -0.3 is 4.74 Å². The quantitative estimate of drug-likeness (QED) is 0.666. The van der Waals surface area contributed by atoms with E-state index < -0.39 is 6.61 Å². The van der Waals surface area contributed by atoms with Crippen LogP contribution in [0.4, 0.5) is 8.78 Å². The molecule has 0 saturated heterocycles. The van der Waals surface area contributed by atoms with E-state index in [0.29, 0.717) is 16.3 Å². The minimum Gasteiger partial charge on any atom is -0.416 e. The van der Waals surface area contributed by atoms with Gasteiger partial charge in [-0.05, 0) is 12.1 Å². The van der Waals surface area contributed by atoms with E-state index in [-0.39, 0.29) is 10.9 Å². The van der Waals surface area contributed by atoms with E-state index in [1.807, 2.05) is 6.07 Å². The molecule has 19 heavy (non-hydrogen) atoms. The Morgan fingerprint density at radius 3 is 2.68 bits per heavy atom. The number of benzene rings is 1. The van der Waals surface area contributed by atoms with Crippen molar-refractivity contribution in [2.45, 2.75) is 16.4 Å². The Labute approximate surface area is 121 Å². The summed E-state index contributed by atoms with van der Waals surface area (Å²) in [4.78, 5) is 2.18. The molecule has 0 atom stereocenters. The molecule has 2 aromatic rings. The Morgan fingerprint density at radius 1 is 1.32 bits per heavy atom. The molecule has 1 aromatic heterocycles. The number of fused-ring (bicyclic) bond motifs is 1. The predicted molar refractivity (Wildman–Crippen MR) is 69.4 cm³/mol. The lowest BCUT2D eigenvalue weighted by molar-refractivity contribution is -0.0552. The molecule has 0 spiro atoms. The third-order valence-corrected chi connectivity index (χ3v) is 4.17. The summed E-state index contributed by atoms with van der Waals surface area (Å²) >= 11 is 13.8. The fourth-order valence-electron chi connectivity index (χ4n) is 1.74. The minimum atomic E-state index is -2.96. The first kappa shape index (κ1) is 13.0. The molecule has 2 heterocycles. The van der Waals surface area contributed by atoms with Gasteiger partial charge in [0.15, 0.2) is 0 Å². The summed E-state index contributed by atoms with van der Waals surface area (Å²) in [5.74, 6) is -0.180. The van der Waals surface area contributed by atoms with Crippen LogP contribution in [0.1, 0.15) is 0 Å². The van der Waals surface area contributed by atoms with Gasteiger partial charge in [-0.15, -0.1) is 0 Å². The van der Waals surface area contributed by atoms with Crippen molar-refractivity contribution in [1.82, 2.24) is 9.78 Å². The lowest BCUT2D eigenvalue weighted by Gasteiger charge is -2.03. The molecule has 0 aliphatic carbocycles. The van der Waals surface area contributed by atoms with Crippen LogP contribution >= 0.6 is 35.0 Å². The highest BCUT2D eigenvalue weighted by molar-refractivity contribution is 8.05. The molecule has 3 rings (SSSR count). The first-order chi connectivity index (χ1) is 8.97. The van der Waals surface area contributed by atoms with E-state index in [0.717, 1.165) is 9.79 Å². The van der Waals surface area contributed by atoms with Crippen molar-refractivity contribution in [2.75, 3.05) is 0 Å². The van der Waals surface area contributed by atoms with Gasteiger partial charge in [0, 0.05) is 22.4 Å². The maximum atomic E-state index is 12.3. The molecule has 1 aliphatic heterocycles.